The van der Waals surface area contributed by atoms with Gasteiger partial charge in [-0.15, -0.1) is 0 Å². The number of rotatable bonds is 6. The van der Waals surface area contributed by atoms with E-state index < -0.39 is 18.4 Å². The minimum atomic E-state index is -2.31. The van der Waals surface area contributed by atoms with Gasteiger partial charge >= 0.3 is 78.4 Å². The molecule has 0 saturated heterocycles. The molecule has 1 atom stereocenters. The van der Waals surface area contributed by atoms with Crippen molar-refractivity contribution in [2.24, 2.45) is 5.73 Å². The minimum absolute atomic E-state index is 0.743. The third-order valence-corrected chi connectivity index (χ3v) is 14.6. The molecule has 0 heterocycles. The van der Waals surface area contributed by atoms with E-state index in [0.29, 0.717) is 0 Å². The van der Waals surface area contributed by atoms with Crippen molar-refractivity contribution < 1.29 is 4.79 Å². The van der Waals surface area contributed by atoms with E-state index >= 15 is 0 Å². The fraction of sp³-hybridized carbons (Fsp3) is 0.857. The molecule has 0 aromatic rings. The van der Waals surface area contributed by atoms with Crippen LogP contribution in [-0.2, 0) is 4.79 Å². The van der Waals surface area contributed by atoms with Crippen LogP contribution < -0.4 is 5.73 Å². The summed E-state index contributed by atoms with van der Waals surface area (Å²) in [5.74, 6) is 0. The third-order valence-electron chi connectivity index (χ3n) is 1.85. The Hall–Kier alpha value is 0.779. The van der Waals surface area contributed by atoms with E-state index in [1.165, 1.54) is 4.30 Å². The molecular formula is C7H17NOSSn. The van der Waals surface area contributed by atoms with Gasteiger partial charge in [0, 0.05) is 0 Å². The SMILES string of the molecule is [CH3][Sn]([CH]=O)([CH2]S)[CH2]CCCN. The second-order valence-electron chi connectivity index (χ2n) is 3.18. The van der Waals surface area contributed by atoms with E-state index in [0.717, 1.165) is 27.6 Å². The first-order chi connectivity index (χ1) is 5.18. The van der Waals surface area contributed by atoms with Gasteiger partial charge in [0.25, 0.3) is 0 Å². The van der Waals surface area contributed by atoms with E-state index in [9.17, 15) is 4.79 Å². The number of hydrogen-bond acceptors (Lipinski definition) is 3. The van der Waals surface area contributed by atoms with Crippen molar-refractivity contribution in [1.82, 2.24) is 0 Å². The zero-order valence-electron chi connectivity index (χ0n) is 7.05. The molecule has 0 spiro atoms. The number of hydrogen-bond donors (Lipinski definition) is 2. The zero-order valence-corrected chi connectivity index (χ0v) is 10.8. The quantitative estimate of drug-likeness (QED) is 0.331. The standard InChI is InChI=1S/C4H10N.CHO.CH3S.CH3.Sn/c1-2-3-4-5;2*1-2;;/h1-5H2;1H;2H,1H2;1H3;. The van der Waals surface area contributed by atoms with Crippen molar-refractivity contribution in [3.05, 3.63) is 0 Å². The topological polar surface area (TPSA) is 43.1 Å². The van der Waals surface area contributed by atoms with Crippen LogP contribution in [0, 0.1) is 0 Å². The van der Waals surface area contributed by atoms with Gasteiger partial charge in [-0.25, -0.2) is 0 Å². The van der Waals surface area contributed by atoms with E-state index in [1.54, 1.807) is 0 Å². The van der Waals surface area contributed by atoms with Crippen molar-refractivity contribution >= 4 is 35.3 Å². The summed E-state index contributed by atoms with van der Waals surface area (Å²) < 4.78 is 3.15. The third kappa shape index (κ3) is 5.09. The molecule has 0 radical (unpaired) electrons. The van der Waals surface area contributed by atoms with Gasteiger partial charge < -0.3 is 0 Å². The summed E-state index contributed by atoms with van der Waals surface area (Å²) in [4.78, 5) is 12.8. The Balaban J connectivity index is 3.60. The Labute approximate surface area is 78.2 Å². The monoisotopic (exact) mass is 283 g/mol. The molecule has 0 aliphatic rings. The summed E-state index contributed by atoms with van der Waals surface area (Å²) in [6, 6.07) is 0. The Morgan fingerprint density at radius 3 is 2.55 bits per heavy atom. The van der Waals surface area contributed by atoms with Gasteiger partial charge in [-0.2, -0.15) is 0 Å². The van der Waals surface area contributed by atoms with Gasteiger partial charge in [-0.05, 0) is 0 Å². The number of nitrogens with two attached hydrogens (primary N) is 1. The van der Waals surface area contributed by atoms with Crippen molar-refractivity contribution in [1.29, 1.82) is 0 Å². The normalized spacial score (nSPS) is 15.9. The second kappa shape index (κ2) is 6.31. The Morgan fingerprint density at radius 2 is 2.18 bits per heavy atom. The first-order valence-electron chi connectivity index (χ1n) is 3.96. The molecule has 1 unspecified atom stereocenters. The Kier molecular flexibility index (Phi) is 6.76. The molecule has 66 valence electrons. The van der Waals surface area contributed by atoms with E-state index in [2.05, 4.69) is 17.6 Å². The first kappa shape index (κ1) is 11.8. The van der Waals surface area contributed by atoms with Crippen LogP contribution in [-0.4, -0.2) is 33.0 Å². The summed E-state index contributed by atoms with van der Waals surface area (Å²) in [5.41, 5.74) is 5.36. The number of thiol groups is 1. The first-order valence-corrected chi connectivity index (χ1v) is 13.1. The molecule has 2 nitrogen and oxygen atoms in total. The van der Waals surface area contributed by atoms with E-state index in [4.69, 9.17) is 5.73 Å². The van der Waals surface area contributed by atoms with Gasteiger partial charge in [0.1, 0.15) is 0 Å². The average molecular weight is 282 g/mol. The van der Waals surface area contributed by atoms with Crippen molar-refractivity contribution in [3.63, 3.8) is 0 Å². The molecule has 0 fully saturated rings. The van der Waals surface area contributed by atoms with Crippen LogP contribution in [0.5, 0.6) is 0 Å². The number of carbonyl (C=O) groups excluding carboxylic acids is 1. The van der Waals surface area contributed by atoms with Crippen LogP contribution >= 0.6 is 12.6 Å². The molecule has 2 N–H and O–H groups in total. The van der Waals surface area contributed by atoms with Crippen LogP contribution in [0.15, 0.2) is 0 Å². The fourth-order valence-electron chi connectivity index (χ4n) is 0.848. The summed E-state index contributed by atoms with van der Waals surface area (Å²) in [5, 5.41) is 0. The molecule has 0 saturated carbocycles. The maximum absolute atomic E-state index is 10.7. The van der Waals surface area contributed by atoms with Gasteiger partial charge in [0.15, 0.2) is 0 Å². The molecule has 0 aromatic heterocycles. The summed E-state index contributed by atoms with van der Waals surface area (Å²) in [6.07, 6.45) is 2.16. The fourth-order valence-corrected chi connectivity index (χ4v) is 6.43. The van der Waals surface area contributed by atoms with Crippen LogP contribution in [0.2, 0.25) is 9.38 Å². The van der Waals surface area contributed by atoms with Gasteiger partial charge in [0.2, 0.25) is 0 Å². The second-order valence-corrected chi connectivity index (χ2v) is 17.7. The predicted octanol–water partition coefficient (Wildman–Crippen LogP) is 1.04. The summed E-state index contributed by atoms with van der Waals surface area (Å²) >= 11 is 1.91. The van der Waals surface area contributed by atoms with Gasteiger partial charge in [0.05, 0.1) is 0 Å². The van der Waals surface area contributed by atoms with Gasteiger partial charge in [-0.1, -0.05) is 0 Å². The number of carbonyl (C=O) groups is 1. The maximum atomic E-state index is 10.7. The molecule has 0 aliphatic heterocycles. The molecule has 0 rings (SSSR count). The summed E-state index contributed by atoms with van der Waals surface area (Å²) in [6.45, 7) is 0.743. The van der Waals surface area contributed by atoms with Crippen LogP contribution in [0.3, 0.4) is 0 Å². The van der Waals surface area contributed by atoms with Crippen LogP contribution in [0.4, 0.5) is 0 Å². The van der Waals surface area contributed by atoms with E-state index in [1.807, 2.05) is 0 Å². The predicted molar refractivity (Wildman–Crippen MR) is 55.3 cm³/mol. The molecule has 0 amide bonds. The molecule has 4 heteroatoms. The molecule has 0 aromatic carbocycles. The Morgan fingerprint density at radius 1 is 1.55 bits per heavy atom. The Bertz CT molecular complexity index is 123. The van der Waals surface area contributed by atoms with Crippen molar-refractivity contribution in [3.8, 4) is 0 Å². The van der Waals surface area contributed by atoms with E-state index in [-0.39, 0.29) is 0 Å². The molecular weight excluding hydrogens is 265 g/mol. The number of unbranched alkanes of at least 4 members (excludes halogenated alkanes) is 1. The molecule has 11 heavy (non-hydrogen) atoms. The average Bonchev–Trinajstić information content (AvgIpc) is 2.05. The van der Waals surface area contributed by atoms with Crippen molar-refractivity contribution in [2.45, 2.75) is 22.2 Å². The van der Waals surface area contributed by atoms with Gasteiger partial charge in [-0.3, -0.25) is 0 Å². The molecule has 0 aliphatic carbocycles. The zero-order chi connectivity index (χ0) is 8.74. The molecule has 0 bridgehead atoms. The van der Waals surface area contributed by atoms with Crippen LogP contribution in [0.25, 0.3) is 0 Å². The summed E-state index contributed by atoms with van der Waals surface area (Å²) in [7, 11) is 0. The van der Waals surface area contributed by atoms with Crippen LogP contribution in [0.1, 0.15) is 12.8 Å². The van der Waals surface area contributed by atoms with Crippen molar-refractivity contribution in [2.75, 3.05) is 10.3 Å².